The molecule has 2 heteroatoms. The van der Waals surface area contributed by atoms with Gasteiger partial charge in [-0.25, -0.2) is 0 Å². The molecule has 0 bridgehead atoms. The molecular formula is C52H34N2. The summed E-state index contributed by atoms with van der Waals surface area (Å²) in [5.74, 6) is 0. The molecule has 0 fully saturated rings. The third-order valence-electron chi connectivity index (χ3n) is 11.1. The number of hydrogen-bond acceptors (Lipinski definition) is 0. The van der Waals surface area contributed by atoms with Gasteiger partial charge in [-0.3, -0.25) is 0 Å². The Morgan fingerprint density at radius 2 is 0.722 bits per heavy atom. The summed E-state index contributed by atoms with van der Waals surface area (Å²) >= 11 is 0. The number of nitrogens with zero attached hydrogens (tertiary/aromatic N) is 2. The van der Waals surface area contributed by atoms with Crippen molar-refractivity contribution in [2.75, 3.05) is 0 Å². The Hall–Kier alpha value is -7.16. The minimum Gasteiger partial charge on any atom is -0.309 e. The van der Waals surface area contributed by atoms with Gasteiger partial charge in [-0.15, -0.1) is 0 Å². The highest BCUT2D eigenvalue weighted by Crippen LogP contribution is 2.40. The van der Waals surface area contributed by atoms with Gasteiger partial charge >= 0.3 is 0 Å². The molecule has 0 N–H and O–H groups in total. The average molecular weight is 687 g/mol. The molecule has 0 atom stereocenters. The molecule has 0 saturated heterocycles. The third-order valence-corrected chi connectivity index (χ3v) is 11.1. The minimum absolute atomic E-state index is 1.18. The van der Waals surface area contributed by atoms with E-state index in [0.29, 0.717) is 0 Å². The van der Waals surface area contributed by atoms with Crippen LogP contribution < -0.4 is 0 Å². The standard InChI is InChI=1S/C52H34N2/c1-2-14-41(15-3-1)53-49-20-10-8-18-45(49)47-33-39(27-30-51(47)53)36-22-24-37(25-23-36)43-16-6-7-17-44(43)40-28-31-52-48(34-40)46-19-9-11-21-50(46)54(52)42-29-26-35-12-4-5-13-38(35)32-42/h1-34H. The van der Waals surface area contributed by atoms with Crippen molar-refractivity contribution < 1.29 is 0 Å². The zero-order valence-corrected chi connectivity index (χ0v) is 29.5. The molecule has 11 rings (SSSR count). The molecule has 0 aliphatic carbocycles. The number of rotatable bonds is 5. The second kappa shape index (κ2) is 12.2. The van der Waals surface area contributed by atoms with Crippen molar-refractivity contribution in [2.24, 2.45) is 0 Å². The normalized spacial score (nSPS) is 11.7. The van der Waals surface area contributed by atoms with E-state index in [-0.39, 0.29) is 0 Å². The molecule has 11 aromatic rings. The Labute approximate surface area is 313 Å². The van der Waals surface area contributed by atoms with E-state index in [1.165, 1.54) is 99.1 Å². The molecule has 9 aromatic carbocycles. The molecule has 2 heterocycles. The van der Waals surface area contributed by atoms with Crippen LogP contribution in [0.25, 0.3) is 99.1 Å². The van der Waals surface area contributed by atoms with Crippen LogP contribution in [0.3, 0.4) is 0 Å². The highest BCUT2D eigenvalue weighted by Gasteiger charge is 2.16. The molecule has 54 heavy (non-hydrogen) atoms. The van der Waals surface area contributed by atoms with E-state index in [9.17, 15) is 0 Å². The van der Waals surface area contributed by atoms with Crippen LogP contribution in [0.15, 0.2) is 206 Å². The van der Waals surface area contributed by atoms with E-state index in [4.69, 9.17) is 0 Å². The van der Waals surface area contributed by atoms with Crippen LogP contribution >= 0.6 is 0 Å². The zero-order valence-electron chi connectivity index (χ0n) is 29.5. The number of para-hydroxylation sites is 3. The van der Waals surface area contributed by atoms with E-state index < -0.39 is 0 Å². The molecule has 2 aromatic heterocycles. The van der Waals surface area contributed by atoms with Gasteiger partial charge in [-0.1, -0.05) is 146 Å². The molecule has 2 nitrogen and oxygen atoms in total. The van der Waals surface area contributed by atoms with Gasteiger partial charge in [0.2, 0.25) is 0 Å². The van der Waals surface area contributed by atoms with E-state index in [1.54, 1.807) is 0 Å². The third kappa shape index (κ3) is 4.81. The SMILES string of the molecule is c1ccc(-n2c3ccccc3c3cc(-c4ccc(-c5ccccc5-c5ccc6c(c5)c5ccccc5n6-c5ccc6ccccc6c5)cc4)ccc32)cc1. The van der Waals surface area contributed by atoms with Crippen molar-refractivity contribution >= 4 is 54.4 Å². The first-order chi connectivity index (χ1) is 26.8. The maximum atomic E-state index is 2.41. The van der Waals surface area contributed by atoms with Crippen molar-refractivity contribution in [2.45, 2.75) is 0 Å². The van der Waals surface area contributed by atoms with Crippen LogP contribution in [0.5, 0.6) is 0 Å². The van der Waals surface area contributed by atoms with E-state index in [2.05, 4.69) is 215 Å². The Balaban J connectivity index is 0.985. The molecule has 0 spiro atoms. The summed E-state index contributed by atoms with van der Waals surface area (Å²) in [6.45, 7) is 0. The molecule has 0 aliphatic rings. The van der Waals surface area contributed by atoms with Crippen molar-refractivity contribution in [1.82, 2.24) is 9.13 Å². The lowest BCUT2D eigenvalue weighted by Gasteiger charge is -2.13. The molecular weight excluding hydrogens is 653 g/mol. The summed E-state index contributed by atoms with van der Waals surface area (Å²) in [6.07, 6.45) is 0. The van der Waals surface area contributed by atoms with Crippen molar-refractivity contribution in [1.29, 1.82) is 0 Å². The molecule has 252 valence electrons. The van der Waals surface area contributed by atoms with Crippen molar-refractivity contribution in [3.05, 3.63) is 206 Å². The molecule has 0 saturated carbocycles. The lowest BCUT2D eigenvalue weighted by atomic mass is 9.92. The first kappa shape index (κ1) is 30.5. The minimum atomic E-state index is 1.18. The van der Waals surface area contributed by atoms with Gasteiger partial charge in [0, 0.05) is 32.9 Å². The van der Waals surface area contributed by atoms with Crippen LogP contribution in [-0.4, -0.2) is 9.13 Å². The van der Waals surface area contributed by atoms with E-state index in [1.807, 2.05) is 0 Å². The van der Waals surface area contributed by atoms with Crippen LogP contribution in [0.4, 0.5) is 0 Å². The van der Waals surface area contributed by atoms with Crippen LogP contribution in [0.2, 0.25) is 0 Å². The fourth-order valence-electron chi connectivity index (χ4n) is 8.57. The van der Waals surface area contributed by atoms with Gasteiger partial charge in [-0.05, 0) is 105 Å². The quantitative estimate of drug-likeness (QED) is 0.171. The highest BCUT2D eigenvalue weighted by molar-refractivity contribution is 6.12. The first-order valence-corrected chi connectivity index (χ1v) is 18.6. The fraction of sp³-hybridized carbons (Fsp3) is 0. The lowest BCUT2D eigenvalue weighted by Crippen LogP contribution is -1.93. The largest absolute Gasteiger partial charge is 0.309 e. The highest BCUT2D eigenvalue weighted by atomic mass is 15.0. The summed E-state index contributed by atoms with van der Waals surface area (Å²) in [5.41, 5.74) is 14.5. The summed E-state index contributed by atoms with van der Waals surface area (Å²) in [7, 11) is 0. The lowest BCUT2D eigenvalue weighted by molar-refractivity contribution is 1.18. The smallest absolute Gasteiger partial charge is 0.0541 e. The van der Waals surface area contributed by atoms with E-state index in [0.717, 1.165) is 0 Å². The Morgan fingerprint density at radius 1 is 0.241 bits per heavy atom. The van der Waals surface area contributed by atoms with Gasteiger partial charge in [0.15, 0.2) is 0 Å². The van der Waals surface area contributed by atoms with Gasteiger partial charge in [-0.2, -0.15) is 0 Å². The zero-order chi connectivity index (χ0) is 35.6. The van der Waals surface area contributed by atoms with Gasteiger partial charge in [0.1, 0.15) is 0 Å². The average Bonchev–Trinajstić information content (AvgIpc) is 3.76. The maximum Gasteiger partial charge on any atom is 0.0541 e. The molecule has 0 unspecified atom stereocenters. The number of aromatic nitrogens is 2. The van der Waals surface area contributed by atoms with Gasteiger partial charge in [0.05, 0.1) is 22.1 Å². The predicted molar refractivity (Wildman–Crippen MR) is 229 cm³/mol. The molecule has 0 radical (unpaired) electrons. The fourth-order valence-corrected chi connectivity index (χ4v) is 8.57. The van der Waals surface area contributed by atoms with Gasteiger partial charge < -0.3 is 9.13 Å². The van der Waals surface area contributed by atoms with Crippen LogP contribution in [0, 0.1) is 0 Å². The summed E-state index contributed by atoms with van der Waals surface area (Å²) in [4.78, 5) is 0. The first-order valence-electron chi connectivity index (χ1n) is 18.6. The summed E-state index contributed by atoms with van der Waals surface area (Å²) in [6, 6.07) is 75.2. The van der Waals surface area contributed by atoms with Crippen molar-refractivity contribution in [3.63, 3.8) is 0 Å². The van der Waals surface area contributed by atoms with Crippen LogP contribution in [-0.2, 0) is 0 Å². The Bertz CT molecular complexity index is 3200. The number of fused-ring (bicyclic) bond motifs is 7. The Kier molecular flexibility index (Phi) is 6.90. The van der Waals surface area contributed by atoms with Crippen LogP contribution in [0.1, 0.15) is 0 Å². The van der Waals surface area contributed by atoms with Crippen molar-refractivity contribution in [3.8, 4) is 44.8 Å². The maximum absolute atomic E-state index is 2.41. The molecule has 0 aliphatic heterocycles. The number of hydrogen-bond donors (Lipinski definition) is 0. The molecule has 0 amide bonds. The second-order valence-electron chi connectivity index (χ2n) is 14.2. The second-order valence-corrected chi connectivity index (χ2v) is 14.2. The summed E-state index contributed by atoms with van der Waals surface area (Å²) < 4.78 is 4.77. The number of benzene rings is 9. The summed E-state index contributed by atoms with van der Waals surface area (Å²) in [5, 5.41) is 7.54. The van der Waals surface area contributed by atoms with Gasteiger partial charge in [0.25, 0.3) is 0 Å². The monoisotopic (exact) mass is 686 g/mol. The van der Waals surface area contributed by atoms with E-state index >= 15 is 0 Å². The topological polar surface area (TPSA) is 9.86 Å². The predicted octanol–water partition coefficient (Wildman–Crippen LogP) is 14.0. The Morgan fingerprint density at radius 3 is 1.43 bits per heavy atom.